The van der Waals surface area contributed by atoms with Crippen LogP contribution >= 0.6 is 0 Å². The Kier molecular flexibility index (Phi) is 2.37. The van der Waals surface area contributed by atoms with Crippen molar-refractivity contribution in [3.63, 3.8) is 0 Å². The number of carbonyl (C=O) groups is 1. The lowest BCUT2D eigenvalue weighted by Crippen LogP contribution is -2.22. The molecule has 0 saturated heterocycles. The van der Waals surface area contributed by atoms with E-state index in [0.29, 0.717) is 12.4 Å². The van der Waals surface area contributed by atoms with Gasteiger partial charge in [-0.05, 0) is 18.2 Å². The number of ether oxygens (including phenoxy) is 1. The molecule has 0 amide bonds. The van der Waals surface area contributed by atoms with Crippen LogP contribution in [0, 0.1) is 0 Å². The van der Waals surface area contributed by atoms with E-state index in [9.17, 15) is 9.90 Å². The van der Waals surface area contributed by atoms with E-state index in [1.807, 2.05) is 0 Å². The van der Waals surface area contributed by atoms with Gasteiger partial charge in [-0.15, -0.1) is 0 Å². The molecular formula is C10H10O4. The zero-order valence-electron chi connectivity index (χ0n) is 7.47. The van der Waals surface area contributed by atoms with Crippen molar-refractivity contribution in [1.82, 2.24) is 0 Å². The monoisotopic (exact) mass is 194 g/mol. The minimum Gasteiger partial charge on any atom is -0.495 e. The summed E-state index contributed by atoms with van der Waals surface area (Å²) in [5.74, 6) is 0.00319. The lowest BCUT2D eigenvalue weighted by Gasteiger charge is -2.08. The molecule has 0 radical (unpaired) electrons. The highest BCUT2D eigenvalue weighted by atomic mass is 16.5. The fourth-order valence-corrected chi connectivity index (χ4v) is 1.31. The normalized spacial score (nSPS) is 17.4. The van der Waals surface area contributed by atoms with Gasteiger partial charge in [-0.1, -0.05) is 0 Å². The highest BCUT2D eigenvalue weighted by Crippen LogP contribution is 2.17. The van der Waals surface area contributed by atoms with Gasteiger partial charge in [0.15, 0.2) is 11.9 Å². The highest BCUT2D eigenvalue weighted by Gasteiger charge is 2.26. The van der Waals surface area contributed by atoms with Crippen LogP contribution in [0.5, 0.6) is 0 Å². The first-order chi connectivity index (χ1) is 6.79. The minimum atomic E-state index is -1.23. The summed E-state index contributed by atoms with van der Waals surface area (Å²) in [7, 11) is 0. The van der Waals surface area contributed by atoms with Crippen molar-refractivity contribution in [2.45, 2.75) is 12.5 Å². The molecule has 1 aliphatic heterocycles. The van der Waals surface area contributed by atoms with Gasteiger partial charge in [0, 0.05) is 6.42 Å². The topological polar surface area (TPSA) is 59.7 Å². The maximum absolute atomic E-state index is 11.5. The van der Waals surface area contributed by atoms with Crippen molar-refractivity contribution >= 4 is 5.78 Å². The SMILES string of the molecule is O=C(c1ccco1)C(O)C1=CCCO1. The minimum absolute atomic E-state index is 0.147. The Balaban J connectivity index is 2.12. The Hall–Kier alpha value is -1.55. The van der Waals surface area contributed by atoms with E-state index in [2.05, 4.69) is 0 Å². The molecule has 0 aromatic carbocycles. The molecule has 0 bridgehead atoms. The molecule has 1 aromatic heterocycles. The molecule has 0 saturated carbocycles. The quantitative estimate of drug-likeness (QED) is 0.732. The molecule has 74 valence electrons. The first-order valence-electron chi connectivity index (χ1n) is 4.37. The Labute approximate surface area is 80.8 Å². The number of aliphatic hydroxyl groups is 1. The van der Waals surface area contributed by atoms with Gasteiger partial charge in [0.05, 0.1) is 12.9 Å². The summed E-state index contributed by atoms with van der Waals surface area (Å²) in [6, 6.07) is 3.12. The van der Waals surface area contributed by atoms with Gasteiger partial charge in [0.2, 0.25) is 5.78 Å². The van der Waals surface area contributed by atoms with Crippen molar-refractivity contribution < 1.29 is 19.1 Å². The van der Waals surface area contributed by atoms with Gasteiger partial charge in [-0.3, -0.25) is 4.79 Å². The first-order valence-corrected chi connectivity index (χ1v) is 4.37. The van der Waals surface area contributed by atoms with E-state index in [0.717, 1.165) is 6.42 Å². The fraction of sp³-hybridized carbons (Fsp3) is 0.300. The van der Waals surface area contributed by atoms with Gasteiger partial charge < -0.3 is 14.3 Å². The van der Waals surface area contributed by atoms with Crippen molar-refractivity contribution in [3.05, 3.63) is 36.0 Å². The summed E-state index contributed by atoms with van der Waals surface area (Å²) >= 11 is 0. The van der Waals surface area contributed by atoms with E-state index < -0.39 is 11.9 Å². The number of ketones is 1. The molecular weight excluding hydrogens is 184 g/mol. The molecule has 1 N–H and O–H groups in total. The number of hydrogen-bond donors (Lipinski definition) is 1. The zero-order chi connectivity index (χ0) is 9.97. The average molecular weight is 194 g/mol. The highest BCUT2D eigenvalue weighted by molar-refractivity contribution is 5.98. The van der Waals surface area contributed by atoms with Crippen molar-refractivity contribution in [1.29, 1.82) is 0 Å². The Bertz CT molecular complexity index is 350. The van der Waals surface area contributed by atoms with Crippen LogP contribution < -0.4 is 0 Å². The summed E-state index contributed by atoms with van der Waals surface area (Å²) < 4.78 is 9.97. The van der Waals surface area contributed by atoms with Crippen molar-refractivity contribution in [2.24, 2.45) is 0 Å². The average Bonchev–Trinajstić information content (AvgIpc) is 2.87. The molecule has 0 spiro atoms. The maximum atomic E-state index is 11.5. The van der Waals surface area contributed by atoms with Gasteiger partial charge in [0.25, 0.3) is 0 Å². The summed E-state index contributed by atoms with van der Waals surface area (Å²) in [5, 5.41) is 9.59. The van der Waals surface area contributed by atoms with E-state index in [1.54, 1.807) is 12.1 Å². The molecule has 1 unspecified atom stereocenters. The summed E-state index contributed by atoms with van der Waals surface area (Å²) in [6.45, 7) is 0.526. The van der Waals surface area contributed by atoms with E-state index in [-0.39, 0.29) is 5.76 Å². The molecule has 2 rings (SSSR count). The number of aliphatic hydroxyl groups excluding tert-OH is 1. The third kappa shape index (κ3) is 1.56. The predicted octanol–water partition coefficient (Wildman–Crippen LogP) is 1.13. The molecule has 4 nitrogen and oxygen atoms in total. The summed E-state index contributed by atoms with van der Waals surface area (Å²) in [6.07, 6.45) is 2.61. The number of furan rings is 1. The zero-order valence-corrected chi connectivity index (χ0v) is 7.47. The number of carbonyl (C=O) groups excluding carboxylic acids is 1. The fourth-order valence-electron chi connectivity index (χ4n) is 1.31. The van der Waals surface area contributed by atoms with Gasteiger partial charge >= 0.3 is 0 Å². The smallest absolute Gasteiger partial charge is 0.234 e. The molecule has 1 aliphatic rings. The Morgan fingerprint density at radius 3 is 3.00 bits per heavy atom. The van der Waals surface area contributed by atoms with E-state index in [1.165, 1.54) is 12.3 Å². The standard InChI is InChI=1S/C10H10O4/c11-9(7-3-1-5-13-7)10(12)8-4-2-6-14-8/h1,3-5,10,12H,2,6H2. The molecule has 0 fully saturated rings. The third-order valence-electron chi connectivity index (χ3n) is 2.01. The van der Waals surface area contributed by atoms with Crippen molar-refractivity contribution in [2.75, 3.05) is 6.61 Å². The second-order valence-corrected chi connectivity index (χ2v) is 2.99. The molecule has 0 aliphatic carbocycles. The van der Waals surface area contributed by atoms with Gasteiger partial charge in [0.1, 0.15) is 5.76 Å². The van der Waals surface area contributed by atoms with Crippen molar-refractivity contribution in [3.8, 4) is 0 Å². The molecule has 1 aromatic rings. The molecule has 4 heteroatoms. The van der Waals surface area contributed by atoms with Crippen LogP contribution in [-0.2, 0) is 4.74 Å². The van der Waals surface area contributed by atoms with Crippen LogP contribution in [0.3, 0.4) is 0 Å². The van der Waals surface area contributed by atoms with Crippen LogP contribution in [0.15, 0.2) is 34.6 Å². The molecule has 1 atom stereocenters. The van der Waals surface area contributed by atoms with Gasteiger partial charge in [-0.25, -0.2) is 0 Å². The van der Waals surface area contributed by atoms with Crippen LogP contribution in [0.25, 0.3) is 0 Å². The largest absolute Gasteiger partial charge is 0.495 e. The number of Topliss-reactive ketones (excluding diaryl/α,β-unsaturated/α-hetero) is 1. The maximum Gasteiger partial charge on any atom is 0.234 e. The number of hydrogen-bond acceptors (Lipinski definition) is 4. The van der Waals surface area contributed by atoms with Crippen LogP contribution in [0.1, 0.15) is 17.0 Å². The van der Waals surface area contributed by atoms with Crippen LogP contribution in [0.2, 0.25) is 0 Å². The summed E-state index contributed by atoms with van der Waals surface area (Å²) in [5.41, 5.74) is 0. The first kappa shape index (κ1) is 9.02. The second-order valence-electron chi connectivity index (χ2n) is 2.99. The predicted molar refractivity (Wildman–Crippen MR) is 47.7 cm³/mol. The van der Waals surface area contributed by atoms with Crippen LogP contribution in [-0.4, -0.2) is 23.6 Å². The Morgan fingerprint density at radius 1 is 1.57 bits per heavy atom. The van der Waals surface area contributed by atoms with E-state index >= 15 is 0 Å². The lowest BCUT2D eigenvalue weighted by atomic mass is 10.1. The summed E-state index contributed by atoms with van der Waals surface area (Å²) in [4.78, 5) is 11.5. The molecule has 2 heterocycles. The van der Waals surface area contributed by atoms with Gasteiger partial charge in [-0.2, -0.15) is 0 Å². The second kappa shape index (κ2) is 3.67. The third-order valence-corrected chi connectivity index (χ3v) is 2.01. The Morgan fingerprint density at radius 2 is 2.43 bits per heavy atom. The lowest BCUT2D eigenvalue weighted by molar-refractivity contribution is 0.0652. The van der Waals surface area contributed by atoms with Crippen LogP contribution in [0.4, 0.5) is 0 Å². The molecule has 14 heavy (non-hydrogen) atoms. The number of rotatable bonds is 3. The van der Waals surface area contributed by atoms with E-state index in [4.69, 9.17) is 9.15 Å².